The third-order valence-corrected chi connectivity index (χ3v) is 3.56. The molecule has 0 aliphatic heterocycles. The van der Waals surface area contributed by atoms with E-state index in [0.717, 1.165) is 5.75 Å². The van der Waals surface area contributed by atoms with Gasteiger partial charge in [0.1, 0.15) is 11.4 Å². The quantitative estimate of drug-likeness (QED) is 0.786. The highest BCUT2D eigenvalue weighted by atomic mass is 32.2. The summed E-state index contributed by atoms with van der Waals surface area (Å²) in [7, 11) is 0. The molecule has 7 heteroatoms. The number of carbonyl (C=O) groups is 2. The zero-order valence-corrected chi connectivity index (χ0v) is 11.8. The number of allylic oxidation sites excluding steroid dienone is 2. The van der Waals surface area contributed by atoms with E-state index >= 15 is 0 Å². The van der Waals surface area contributed by atoms with Crippen LogP contribution in [-0.4, -0.2) is 51.3 Å². The molecule has 1 atom stereocenters. The Labute approximate surface area is 120 Å². The first kappa shape index (κ1) is 14.7. The highest BCUT2D eigenvalue weighted by Crippen LogP contribution is 2.16. The molecule has 0 radical (unpaired) electrons. The Morgan fingerprint density at radius 3 is 2.65 bits per heavy atom. The zero-order chi connectivity index (χ0) is 14.5. The first-order valence-corrected chi connectivity index (χ1v) is 7.54. The van der Waals surface area contributed by atoms with E-state index < -0.39 is 0 Å². The van der Waals surface area contributed by atoms with Gasteiger partial charge in [-0.1, -0.05) is 0 Å². The average molecular weight is 293 g/mol. The van der Waals surface area contributed by atoms with Crippen molar-refractivity contribution in [1.29, 1.82) is 0 Å². The Morgan fingerprint density at radius 2 is 2.00 bits per heavy atom. The fourth-order valence-electron chi connectivity index (χ4n) is 1.87. The summed E-state index contributed by atoms with van der Waals surface area (Å²) in [5, 5.41) is 12.2. The van der Waals surface area contributed by atoms with Crippen LogP contribution in [0.25, 0.3) is 0 Å². The van der Waals surface area contributed by atoms with Gasteiger partial charge < -0.3 is 10.4 Å². The van der Waals surface area contributed by atoms with Crippen molar-refractivity contribution in [2.45, 2.75) is 12.5 Å². The monoisotopic (exact) mass is 293 g/mol. The molecular weight excluding hydrogens is 278 g/mol. The molecule has 20 heavy (non-hydrogen) atoms. The molecule has 2 rings (SSSR count). The number of fused-ring (bicyclic) bond motifs is 1. The van der Waals surface area contributed by atoms with Crippen molar-refractivity contribution >= 4 is 23.3 Å². The van der Waals surface area contributed by atoms with Crippen LogP contribution in [0.3, 0.4) is 0 Å². The number of ketones is 2. The summed E-state index contributed by atoms with van der Waals surface area (Å²) in [6.07, 6.45) is 6.65. The van der Waals surface area contributed by atoms with E-state index in [1.54, 1.807) is 11.8 Å². The molecule has 0 spiro atoms. The maximum atomic E-state index is 12.2. The number of Topliss-reactive ketones (excluding diaryl/α,β-unsaturated/α-hetero) is 1. The molecule has 1 aromatic heterocycles. The number of aromatic nitrogens is 2. The van der Waals surface area contributed by atoms with Crippen molar-refractivity contribution in [2.75, 3.05) is 18.6 Å². The van der Waals surface area contributed by atoms with Crippen molar-refractivity contribution < 1.29 is 14.7 Å². The Balaban J connectivity index is 2.18. The van der Waals surface area contributed by atoms with E-state index in [0.29, 0.717) is 6.42 Å². The number of aliphatic hydroxyl groups is 1. The third kappa shape index (κ3) is 3.05. The van der Waals surface area contributed by atoms with Crippen LogP contribution in [0, 0.1) is 0 Å². The fraction of sp³-hybridized carbons (Fsp3) is 0.385. The first-order chi connectivity index (χ1) is 9.67. The third-order valence-electron chi connectivity index (χ3n) is 2.92. The van der Waals surface area contributed by atoms with Gasteiger partial charge in [-0.2, -0.15) is 11.8 Å². The molecule has 106 valence electrons. The van der Waals surface area contributed by atoms with Gasteiger partial charge in [-0.25, -0.2) is 9.97 Å². The number of nitrogens with one attached hydrogen (secondary N) is 1. The lowest BCUT2D eigenvalue weighted by atomic mass is 10.0. The summed E-state index contributed by atoms with van der Waals surface area (Å²) in [6, 6.07) is -0.260. The normalized spacial score (nSPS) is 15.6. The van der Waals surface area contributed by atoms with Crippen LogP contribution in [0.4, 0.5) is 0 Å². The number of nitrogens with zero attached hydrogens (tertiary/aromatic N) is 2. The molecule has 1 aromatic rings. The van der Waals surface area contributed by atoms with Gasteiger partial charge in [-0.15, -0.1) is 0 Å². The number of hydrogen-bond donors (Lipinski definition) is 2. The highest BCUT2D eigenvalue weighted by molar-refractivity contribution is 7.98. The minimum Gasteiger partial charge on any atom is -0.394 e. The zero-order valence-electron chi connectivity index (χ0n) is 11.0. The van der Waals surface area contributed by atoms with Gasteiger partial charge >= 0.3 is 0 Å². The molecular formula is C13H15N3O3S. The maximum absolute atomic E-state index is 12.2. The van der Waals surface area contributed by atoms with Gasteiger partial charge in [0, 0.05) is 18.5 Å². The van der Waals surface area contributed by atoms with E-state index in [9.17, 15) is 14.7 Å². The fourth-order valence-corrected chi connectivity index (χ4v) is 2.39. The summed E-state index contributed by atoms with van der Waals surface area (Å²) in [6.45, 7) is -0.104. The Hall–Kier alpha value is -1.73. The largest absolute Gasteiger partial charge is 0.394 e. The second-order valence-electron chi connectivity index (χ2n) is 4.31. The molecule has 1 aliphatic rings. The minimum atomic E-state index is -0.365. The van der Waals surface area contributed by atoms with Crippen molar-refractivity contribution in [3.8, 4) is 0 Å². The van der Waals surface area contributed by atoms with Crippen LogP contribution in [0.15, 0.2) is 24.2 Å². The van der Waals surface area contributed by atoms with Crippen LogP contribution in [0.5, 0.6) is 0 Å². The van der Waals surface area contributed by atoms with E-state index in [4.69, 9.17) is 0 Å². The molecule has 0 unspecified atom stereocenters. The second-order valence-corrected chi connectivity index (χ2v) is 5.30. The molecule has 0 saturated carbocycles. The van der Waals surface area contributed by atoms with Crippen molar-refractivity contribution in [1.82, 2.24) is 15.3 Å². The van der Waals surface area contributed by atoms with Gasteiger partial charge in [0.15, 0.2) is 0 Å². The van der Waals surface area contributed by atoms with Gasteiger partial charge in [0.05, 0.1) is 18.3 Å². The number of rotatable bonds is 6. The van der Waals surface area contributed by atoms with Gasteiger partial charge in [-0.3, -0.25) is 9.59 Å². The molecule has 0 bridgehead atoms. The molecule has 0 aromatic carbocycles. The van der Waals surface area contributed by atoms with E-state index in [2.05, 4.69) is 15.3 Å². The molecule has 1 heterocycles. The summed E-state index contributed by atoms with van der Waals surface area (Å²) < 4.78 is 0. The van der Waals surface area contributed by atoms with E-state index in [-0.39, 0.29) is 41.3 Å². The van der Waals surface area contributed by atoms with Crippen molar-refractivity contribution in [3.63, 3.8) is 0 Å². The topological polar surface area (TPSA) is 92.2 Å². The molecule has 1 aliphatic carbocycles. The van der Waals surface area contributed by atoms with E-state index in [1.807, 2.05) is 6.26 Å². The number of hydrogen-bond acceptors (Lipinski definition) is 7. The summed E-state index contributed by atoms with van der Waals surface area (Å²) in [5.74, 6) is 0.136. The SMILES string of the molecule is CSCC[C@@H](CO)NC1=CC(=O)c2nccnc2C1=O. The summed E-state index contributed by atoms with van der Waals surface area (Å²) >= 11 is 1.65. The number of carbonyl (C=O) groups excluding carboxylic acids is 2. The first-order valence-electron chi connectivity index (χ1n) is 6.15. The molecule has 6 nitrogen and oxygen atoms in total. The summed E-state index contributed by atoms with van der Waals surface area (Å²) in [5.41, 5.74) is 0.305. The molecule has 0 fully saturated rings. The lowest BCUT2D eigenvalue weighted by molar-refractivity contribution is 0.0966. The second kappa shape index (κ2) is 6.62. The van der Waals surface area contributed by atoms with Crippen LogP contribution >= 0.6 is 11.8 Å². The Morgan fingerprint density at radius 1 is 1.30 bits per heavy atom. The van der Waals surface area contributed by atoms with E-state index in [1.165, 1.54) is 18.5 Å². The molecule has 0 amide bonds. The van der Waals surface area contributed by atoms with Crippen LogP contribution in [-0.2, 0) is 0 Å². The Kier molecular flexibility index (Phi) is 4.86. The van der Waals surface area contributed by atoms with Gasteiger partial charge in [0.2, 0.25) is 11.6 Å². The van der Waals surface area contributed by atoms with Crippen LogP contribution in [0.1, 0.15) is 27.4 Å². The number of aliphatic hydroxyl groups excluding tert-OH is 1. The predicted octanol–water partition coefficient (Wildman–Crippen LogP) is 0.443. The maximum Gasteiger partial charge on any atom is 0.229 e. The predicted molar refractivity (Wildman–Crippen MR) is 75.8 cm³/mol. The average Bonchev–Trinajstić information content (AvgIpc) is 2.48. The lowest BCUT2D eigenvalue weighted by Crippen LogP contribution is -2.37. The number of thioether (sulfide) groups is 1. The lowest BCUT2D eigenvalue weighted by Gasteiger charge is -2.20. The smallest absolute Gasteiger partial charge is 0.229 e. The summed E-state index contributed by atoms with van der Waals surface area (Å²) in [4.78, 5) is 31.9. The highest BCUT2D eigenvalue weighted by Gasteiger charge is 2.28. The molecule has 0 saturated heterocycles. The standard InChI is InChI=1S/C13H15N3O3S/c1-20-5-2-8(7-17)16-9-6-10(18)11-12(13(9)19)15-4-3-14-11/h3-4,6,8,16-17H,2,5,7H2,1H3/t8-/m0/s1. The van der Waals surface area contributed by atoms with Gasteiger partial charge in [-0.05, 0) is 18.4 Å². The molecule has 2 N–H and O–H groups in total. The Bertz CT molecular complexity index is 560. The van der Waals surface area contributed by atoms with Crippen molar-refractivity contribution in [3.05, 3.63) is 35.6 Å². The minimum absolute atomic E-state index is 0.0593. The van der Waals surface area contributed by atoms with Crippen molar-refractivity contribution in [2.24, 2.45) is 0 Å². The van der Waals surface area contributed by atoms with Crippen LogP contribution < -0.4 is 5.32 Å². The van der Waals surface area contributed by atoms with Crippen LogP contribution in [0.2, 0.25) is 0 Å². The van der Waals surface area contributed by atoms with Gasteiger partial charge in [0.25, 0.3) is 0 Å².